The van der Waals surface area contributed by atoms with Gasteiger partial charge in [0.05, 0.1) is 6.61 Å². The molecule has 0 bridgehead atoms. The first-order valence-electron chi connectivity index (χ1n) is 3.96. The Labute approximate surface area is 72.8 Å². The van der Waals surface area contributed by atoms with E-state index in [2.05, 4.69) is 0 Å². The normalized spacial score (nSPS) is 12.6. The molecule has 12 heavy (non-hydrogen) atoms. The van der Waals surface area contributed by atoms with Crippen molar-refractivity contribution in [2.24, 2.45) is 0 Å². The van der Waals surface area contributed by atoms with Crippen LogP contribution < -0.4 is 0 Å². The summed E-state index contributed by atoms with van der Waals surface area (Å²) in [4.78, 5) is 10.9. The molecule has 1 unspecified atom stereocenters. The Hall–Kier alpha value is -0.610. The van der Waals surface area contributed by atoms with Gasteiger partial charge >= 0.3 is 5.97 Å². The Balaban J connectivity index is 3.40. The van der Waals surface area contributed by atoms with Crippen LogP contribution in [0.4, 0.5) is 0 Å². The van der Waals surface area contributed by atoms with E-state index in [1.807, 2.05) is 6.92 Å². The molecule has 0 radical (unpaired) electrons. The monoisotopic (exact) mass is 176 g/mol. The summed E-state index contributed by atoms with van der Waals surface area (Å²) < 4.78 is 14.6. The van der Waals surface area contributed by atoms with Gasteiger partial charge in [0.25, 0.3) is 0 Å². The fraction of sp³-hybridized carbons (Fsp3) is 0.875. The third-order valence-corrected chi connectivity index (χ3v) is 1.16. The zero-order valence-electron chi connectivity index (χ0n) is 7.83. The second kappa shape index (κ2) is 7.06. The molecule has 0 saturated carbocycles. The van der Waals surface area contributed by atoms with Gasteiger partial charge in [-0.05, 0) is 13.8 Å². The summed E-state index contributed by atoms with van der Waals surface area (Å²) in [7, 11) is 1.56. The van der Waals surface area contributed by atoms with Crippen LogP contribution in [0.15, 0.2) is 0 Å². The van der Waals surface area contributed by atoms with Crippen molar-refractivity contribution in [2.45, 2.75) is 20.0 Å². The highest BCUT2D eigenvalue weighted by Crippen LogP contribution is 1.92. The molecule has 0 amide bonds. The highest BCUT2D eigenvalue weighted by atomic mass is 16.6. The fourth-order valence-electron chi connectivity index (χ4n) is 0.713. The number of esters is 1. The van der Waals surface area contributed by atoms with Gasteiger partial charge in [-0.2, -0.15) is 0 Å². The Morgan fingerprint density at radius 3 is 2.67 bits per heavy atom. The van der Waals surface area contributed by atoms with Crippen LogP contribution in [0.3, 0.4) is 0 Å². The van der Waals surface area contributed by atoms with Crippen molar-refractivity contribution in [2.75, 3.05) is 26.9 Å². The standard InChI is InChI=1S/C8H16O4/c1-4-11-6-8(9)12-7(2)5-10-3/h7H,4-6H2,1-3H3. The minimum Gasteiger partial charge on any atom is -0.459 e. The van der Waals surface area contributed by atoms with Crippen molar-refractivity contribution < 1.29 is 19.0 Å². The Morgan fingerprint density at radius 2 is 2.17 bits per heavy atom. The zero-order valence-corrected chi connectivity index (χ0v) is 7.83. The highest BCUT2D eigenvalue weighted by Gasteiger charge is 2.08. The Morgan fingerprint density at radius 1 is 1.50 bits per heavy atom. The summed E-state index contributed by atoms with van der Waals surface area (Å²) in [5.41, 5.74) is 0. The van der Waals surface area contributed by atoms with Gasteiger partial charge in [-0.25, -0.2) is 4.79 Å². The average molecular weight is 176 g/mol. The van der Waals surface area contributed by atoms with E-state index >= 15 is 0 Å². The molecule has 0 aliphatic rings. The van der Waals surface area contributed by atoms with Crippen LogP contribution in [-0.4, -0.2) is 39.0 Å². The highest BCUT2D eigenvalue weighted by molar-refractivity contribution is 5.70. The average Bonchev–Trinajstić information content (AvgIpc) is 2.01. The molecular weight excluding hydrogens is 160 g/mol. The van der Waals surface area contributed by atoms with E-state index in [0.717, 1.165) is 0 Å². The van der Waals surface area contributed by atoms with E-state index in [4.69, 9.17) is 14.2 Å². The zero-order chi connectivity index (χ0) is 9.40. The van der Waals surface area contributed by atoms with E-state index in [9.17, 15) is 4.79 Å². The summed E-state index contributed by atoms with van der Waals surface area (Å²) >= 11 is 0. The third kappa shape index (κ3) is 6.12. The molecule has 0 N–H and O–H groups in total. The molecule has 0 saturated heterocycles. The molecule has 0 fully saturated rings. The number of hydrogen-bond acceptors (Lipinski definition) is 4. The quantitative estimate of drug-likeness (QED) is 0.556. The maximum Gasteiger partial charge on any atom is 0.332 e. The Bertz CT molecular complexity index is 124. The maximum absolute atomic E-state index is 10.9. The first-order valence-corrected chi connectivity index (χ1v) is 3.96. The summed E-state index contributed by atoms with van der Waals surface area (Å²) in [5.74, 6) is -0.346. The predicted molar refractivity (Wildman–Crippen MR) is 43.9 cm³/mol. The lowest BCUT2D eigenvalue weighted by molar-refractivity contribution is -0.155. The number of ether oxygens (including phenoxy) is 3. The van der Waals surface area contributed by atoms with Gasteiger partial charge in [0.2, 0.25) is 0 Å². The van der Waals surface area contributed by atoms with Crippen LogP contribution >= 0.6 is 0 Å². The van der Waals surface area contributed by atoms with Crippen molar-refractivity contribution in [3.8, 4) is 0 Å². The second-order valence-corrected chi connectivity index (χ2v) is 2.39. The molecule has 0 aliphatic heterocycles. The van der Waals surface area contributed by atoms with Gasteiger partial charge in [0, 0.05) is 13.7 Å². The lowest BCUT2D eigenvalue weighted by atomic mass is 10.4. The number of hydrogen-bond donors (Lipinski definition) is 0. The molecule has 0 aromatic heterocycles. The lowest BCUT2D eigenvalue weighted by Gasteiger charge is -2.11. The first-order chi connectivity index (χ1) is 5.70. The number of carbonyl (C=O) groups excluding carboxylic acids is 1. The third-order valence-electron chi connectivity index (χ3n) is 1.16. The van der Waals surface area contributed by atoms with E-state index in [0.29, 0.717) is 13.2 Å². The van der Waals surface area contributed by atoms with Crippen LogP contribution in [0, 0.1) is 0 Å². The number of methoxy groups -OCH3 is 1. The van der Waals surface area contributed by atoms with Crippen molar-refractivity contribution >= 4 is 5.97 Å². The van der Waals surface area contributed by atoms with Crippen LogP contribution in [0.5, 0.6) is 0 Å². The predicted octanol–water partition coefficient (Wildman–Crippen LogP) is 0.601. The lowest BCUT2D eigenvalue weighted by Crippen LogP contribution is -2.22. The van der Waals surface area contributed by atoms with Crippen molar-refractivity contribution in [1.82, 2.24) is 0 Å². The van der Waals surface area contributed by atoms with Gasteiger partial charge in [-0.1, -0.05) is 0 Å². The fourth-order valence-corrected chi connectivity index (χ4v) is 0.713. The van der Waals surface area contributed by atoms with Crippen molar-refractivity contribution in [1.29, 1.82) is 0 Å². The molecule has 0 aliphatic carbocycles. The van der Waals surface area contributed by atoms with Crippen molar-refractivity contribution in [3.63, 3.8) is 0 Å². The molecule has 4 heteroatoms. The molecule has 0 rings (SSSR count). The molecule has 4 nitrogen and oxygen atoms in total. The molecule has 0 heterocycles. The molecule has 0 aromatic rings. The second-order valence-electron chi connectivity index (χ2n) is 2.39. The van der Waals surface area contributed by atoms with E-state index in [1.54, 1.807) is 14.0 Å². The van der Waals surface area contributed by atoms with E-state index in [-0.39, 0.29) is 18.7 Å². The van der Waals surface area contributed by atoms with Gasteiger partial charge in [0.1, 0.15) is 12.7 Å². The maximum atomic E-state index is 10.9. The summed E-state index contributed by atoms with van der Waals surface area (Å²) in [5, 5.41) is 0. The van der Waals surface area contributed by atoms with Gasteiger partial charge in [-0.3, -0.25) is 0 Å². The summed E-state index contributed by atoms with van der Waals surface area (Å²) in [6, 6.07) is 0. The Kier molecular flexibility index (Phi) is 6.70. The van der Waals surface area contributed by atoms with Gasteiger partial charge in [0.15, 0.2) is 0 Å². The summed E-state index contributed by atoms with van der Waals surface area (Å²) in [6.07, 6.45) is -0.206. The van der Waals surface area contributed by atoms with Crippen molar-refractivity contribution in [3.05, 3.63) is 0 Å². The molecule has 0 aromatic carbocycles. The minimum absolute atomic E-state index is 0.0184. The molecule has 1 atom stereocenters. The van der Waals surface area contributed by atoms with Gasteiger partial charge in [-0.15, -0.1) is 0 Å². The molecule has 0 spiro atoms. The smallest absolute Gasteiger partial charge is 0.332 e. The van der Waals surface area contributed by atoms with Crippen LogP contribution in [0.1, 0.15) is 13.8 Å². The molecular formula is C8H16O4. The van der Waals surface area contributed by atoms with Gasteiger partial charge < -0.3 is 14.2 Å². The topological polar surface area (TPSA) is 44.8 Å². The van der Waals surface area contributed by atoms with Crippen LogP contribution in [-0.2, 0) is 19.0 Å². The van der Waals surface area contributed by atoms with E-state index < -0.39 is 0 Å². The largest absolute Gasteiger partial charge is 0.459 e. The first kappa shape index (κ1) is 11.4. The minimum atomic E-state index is -0.346. The van der Waals surface area contributed by atoms with Crippen LogP contribution in [0.2, 0.25) is 0 Å². The number of carbonyl (C=O) groups is 1. The van der Waals surface area contributed by atoms with Crippen LogP contribution in [0.25, 0.3) is 0 Å². The number of rotatable bonds is 6. The SMILES string of the molecule is CCOCC(=O)OC(C)COC. The van der Waals surface area contributed by atoms with E-state index in [1.165, 1.54) is 0 Å². The molecule has 72 valence electrons. The summed E-state index contributed by atoms with van der Waals surface area (Å²) in [6.45, 7) is 4.55.